The van der Waals surface area contributed by atoms with Crippen molar-refractivity contribution in [1.29, 1.82) is 0 Å². The lowest BCUT2D eigenvalue weighted by Gasteiger charge is -2.17. The van der Waals surface area contributed by atoms with Crippen molar-refractivity contribution in [2.24, 2.45) is 5.41 Å². The molecule has 0 spiro atoms. The Bertz CT molecular complexity index is 389. The topological polar surface area (TPSA) is 67.5 Å². The molecule has 0 amide bonds. The van der Waals surface area contributed by atoms with E-state index >= 15 is 0 Å². The van der Waals surface area contributed by atoms with Gasteiger partial charge in [-0.3, -0.25) is 0 Å². The molecule has 0 saturated heterocycles. The Morgan fingerprint density at radius 2 is 2.24 bits per heavy atom. The second-order valence-corrected chi connectivity index (χ2v) is 4.78. The predicted octanol–water partition coefficient (Wildman–Crippen LogP) is 1.85. The first-order valence-electron chi connectivity index (χ1n) is 5.97. The van der Waals surface area contributed by atoms with Gasteiger partial charge >= 0.3 is 0 Å². The van der Waals surface area contributed by atoms with Gasteiger partial charge in [-0.2, -0.15) is 0 Å². The van der Waals surface area contributed by atoms with Gasteiger partial charge < -0.3 is 20.9 Å². The van der Waals surface area contributed by atoms with Gasteiger partial charge in [0.2, 0.25) is 0 Å². The molecule has 0 heterocycles. The number of hydrogen-bond acceptors (Lipinski definition) is 4. The molecule has 0 unspecified atom stereocenters. The highest BCUT2D eigenvalue weighted by Gasteiger charge is 2.41. The number of ether oxygens (including phenoxy) is 1. The number of methoxy groups -OCH3 is 1. The van der Waals surface area contributed by atoms with E-state index in [1.165, 1.54) is 12.8 Å². The molecular formula is C13H20N2O2. The van der Waals surface area contributed by atoms with Crippen molar-refractivity contribution in [2.45, 2.75) is 19.3 Å². The Hall–Kier alpha value is -1.42. The zero-order chi connectivity index (χ0) is 12.3. The van der Waals surface area contributed by atoms with Gasteiger partial charge in [0.05, 0.1) is 18.5 Å². The van der Waals surface area contributed by atoms with Crippen molar-refractivity contribution < 1.29 is 9.84 Å². The molecular weight excluding hydrogens is 216 g/mol. The fraction of sp³-hybridized carbons (Fsp3) is 0.538. The molecule has 1 aliphatic carbocycles. The van der Waals surface area contributed by atoms with E-state index in [0.717, 1.165) is 30.1 Å². The number of aliphatic hydroxyl groups excluding tert-OH is 1. The maximum absolute atomic E-state index is 9.00. The molecule has 1 fully saturated rings. The molecule has 0 bridgehead atoms. The van der Waals surface area contributed by atoms with Crippen LogP contribution >= 0.6 is 0 Å². The molecule has 0 atom stereocenters. The summed E-state index contributed by atoms with van der Waals surface area (Å²) in [5, 5.41) is 12.4. The summed E-state index contributed by atoms with van der Waals surface area (Å²) in [7, 11) is 1.64. The molecule has 4 nitrogen and oxygen atoms in total. The van der Waals surface area contributed by atoms with Crippen LogP contribution in [0.2, 0.25) is 0 Å². The fourth-order valence-electron chi connectivity index (χ4n) is 2.03. The average molecular weight is 236 g/mol. The highest BCUT2D eigenvalue weighted by atomic mass is 16.5. The number of nitrogens with two attached hydrogens (primary N) is 1. The minimum Gasteiger partial charge on any atom is -0.497 e. The fourth-order valence-corrected chi connectivity index (χ4v) is 2.03. The van der Waals surface area contributed by atoms with E-state index in [0.29, 0.717) is 0 Å². The number of hydrogen-bond donors (Lipinski definition) is 3. The van der Waals surface area contributed by atoms with E-state index in [1.807, 2.05) is 18.2 Å². The minimum atomic E-state index is 0.259. The van der Waals surface area contributed by atoms with Crippen LogP contribution in [0.1, 0.15) is 19.3 Å². The Kier molecular flexibility index (Phi) is 3.43. The lowest BCUT2D eigenvalue weighted by molar-refractivity contribution is 0.253. The first kappa shape index (κ1) is 12.0. The Morgan fingerprint density at radius 3 is 2.82 bits per heavy atom. The second kappa shape index (κ2) is 4.84. The van der Waals surface area contributed by atoms with Crippen molar-refractivity contribution in [2.75, 3.05) is 31.3 Å². The van der Waals surface area contributed by atoms with E-state index in [4.69, 9.17) is 15.6 Å². The SMILES string of the molecule is COc1ccc(N)c(NCC2(CCO)CC2)c1. The number of nitrogen functional groups attached to an aromatic ring is 1. The van der Waals surface area contributed by atoms with Crippen LogP contribution in [0.25, 0.3) is 0 Å². The quantitative estimate of drug-likeness (QED) is 0.659. The summed E-state index contributed by atoms with van der Waals surface area (Å²) in [6, 6.07) is 5.60. The van der Waals surface area contributed by atoms with Gasteiger partial charge in [0.1, 0.15) is 5.75 Å². The van der Waals surface area contributed by atoms with Crippen LogP contribution in [-0.2, 0) is 0 Å². The van der Waals surface area contributed by atoms with Crippen LogP contribution < -0.4 is 15.8 Å². The molecule has 1 aromatic rings. The summed E-state index contributed by atoms with van der Waals surface area (Å²) in [5.41, 5.74) is 7.82. The van der Waals surface area contributed by atoms with Crippen molar-refractivity contribution in [1.82, 2.24) is 0 Å². The second-order valence-electron chi connectivity index (χ2n) is 4.78. The third kappa shape index (κ3) is 2.82. The standard InChI is InChI=1S/C13H20N2O2/c1-17-10-2-3-11(14)12(8-10)15-9-13(4-5-13)6-7-16/h2-3,8,15-16H,4-7,9,14H2,1H3. The van der Waals surface area contributed by atoms with Crippen molar-refractivity contribution in [3.63, 3.8) is 0 Å². The summed E-state index contributed by atoms with van der Waals surface area (Å²) >= 11 is 0. The zero-order valence-electron chi connectivity index (χ0n) is 10.2. The first-order chi connectivity index (χ1) is 8.19. The highest BCUT2D eigenvalue weighted by molar-refractivity contribution is 5.68. The molecule has 4 N–H and O–H groups in total. The summed E-state index contributed by atoms with van der Waals surface area (Å²) in [6.45, 7) is 1.13. The molecule has 17 heavy (non-hydrogen) atoms. The van der Waals surface area contributed by atoms with Crippen molar-refractivity contribution in [3.05, 3.63) is 18.2 Å². The normalized spacial score (nSPS) is 16.6. The van der Waals surface area contributed by atoms with Gasteiger partial charge in [-0.25, -0.2) is 0 Å². The monoisotopic (exact) mass is 236 g/mol. The zero-order valence-corrected chi connectivity index (χ0v) is 10.2. The number of rotatable bonds is 6. The lowest BCUT2D eigenvalue weighted by Crippen LogP contribution is -2.17. The predicted molar refractivity (Wildman–Crippen MR) is 69.3 cm³/mol. The first-order valence-corrected chi connectivity index (χ1v) is 5.97. The molecule has 1 aromatic carbocycles. The maximum atomic E-state index is 9.00. The summed E-state index contributed by atoms with van der Waals surface area (Å²) in [4.78, 5) is 0. The van der Waals surface area contributed by atoms with Gasteiger partial charge in [-0.05, 0) is 36.8 Å². The van der Waals surface area contributed by atoms with E-state index < -0.39 is 0 Å². The average Bonchev–Trinajstić information content (AvgIpc) is 3.09. The van der Waals surface area contributed by atoms with E-state index in [2.05, 4.69) is 5.32 Å². The van der Waals surface area contributed by atoms with Gasteiger partial charge in [-0.15, -0.1) is 0 Å². The van der Waals surface area contributed by atoms with Gasteiger partial charge in [0, 0.05) is 19.2 Å². The van der Waals surface area contributed by atoms with Crippen LogP contribution in [0.4, 0.5) is 11.4 Å². The summed E-state index contributed by atoms with van der Waals surface area (Å²) < 4.78 is 5.17. The minimum absolute atomic E-state index is 0.259. The lowest BCUT2D eigenvalue weighted by atomic mass is 10.0. The van der Waals surface area contributed by atoms with Crippen molar-refractivity contribution >= 4 is 11.4 Å². The molecule has 4 heteroatoms. The number of benzene rings is 1. The van der Waals surface area contributed by atoms with E-state index in [1.54, 1.807) is 7.11 Å². The largest absolute Gasteiger partial charge is 0.497 e. The summed E-state index contributed by atoms with van der Waals surface area (Å²) in [5.74, 6) is 0.800. The van der Waals surface area contributed by atoms with Crippen LogP contribution in [0.5, 0.6) is 5.75 Å². The molecule has 0 aliphatic heterocycles. The van der Waals surface area contributed by atoms with Gasteiger partial charge in [-0.1, -0.05) is 0 Å². The van der Waals surface area contributed by atoms with Crippen LogP contribution in [0.3, 0.4) is 0 Å². The van der Waals surface area contributed by atoms with Gasteiger partial charge in [0.25, 0.3) is 0 Å². The molecule has 94 valence electrons. The van der Waals surface area contributed by atoms with E-state index in [-0.39, 0.29) is 12.0 Å². The smallest absolute Gasteiger partial charge is 0.121 e. The number of anilines is 2. The third-order valence-corrected chi connectivity index (χ3v) is 3.51. The molecule has 2 rings (SSSR count). The Labute approximate surface area is 102 Å². The number of aliphatic hydroxyl groups is 1. The van der Waals surface area contributed by atoms with Crippen LogP contribution in [0, 0.1) is 5.41 Å². The third-order valence-electron chi connectivity index (χ3n) is 3.51. The molecule has 0 aromatic heterocycles. The highest BCUT2D eigenvalue weighted by Crippen LogP contribution is 2.48. The van der Waals surface area contributed by atoms with Crippen LogP contribution in [-0.4, -0.2) is 25.4 Å². The molecule has 0 radical (unpaired) electrons. The van der Waals surface area contributed by atoms with Gasteiger partial charge in [0.15, 0.2) is 0 Å². The number of nitrogens with one attached hydrogen (secondary N) is 1. The Balaban J connectivity index is 1.98. The van der Waals surface area contributed by atoms with Crippen LogP contribution in [0.15, 0.2) is 18.2 Å². The summed E-state index contributed by atoms with van der Waals surface area (Å²) in [6.07, 6.45) is 3.23. The maximum Gasteiger partial charge on any atom is 0.121 e. The van der Waals surface area contributed by atoms with Crippen molar-refractivity contribution in [3.8, 4) is 5.75 Å². The molecule has 1 aliphatic rings. The molecule has 1 saturated carbocycles. The van der Waals surface area contributed by atoms with E-state index in [9.17, 15) is 0 Å². The Morgan fingerprint density at radius 1 is 1.47 bits per heavy atom.